The number of likely N-dealkylation sites (tertiary alicyclic amines) is 1. The predicted molar refractivity (Wildman–Crippen MR) is 103 cm³/mol. The van der Waals surface area contributed by atoms with E-state index < -0.39 is 0 Å². The largest absolute Gasteiger partial charge is 0.493 e. The minimum Gasteiger partial charge on any atom is -0.493 e. The maximum atomic E-state index is 12.3. The second-order valence-electron chi connectivity index (χ2n) is 6.23. The molecule has 2 aromatic rings. The van der Waals surface area contributed by atoms with E-state index >= 15 is 0 Å². The van der Waals surface area contributed by atoms with Crippen molar-refractivity contribution in [1.29, 1.82) is 0 Å². The third-order valence-corrected chi connectivity index (χ3v) is 5.22. The van der Waals surface area contributed by atoms with E-state index in [9.17, 15) is 4.79 Å². The summed E-state index contributed by atoms with van der Waals surface area (Å²) in [6, 6.07) is 7.60. The topological polar surface area (TPSA) is 63.7 Å². The van der Waals surface area contributed by atoms with Crippen LogP contribution >= 0.6 is 15.9 Å². The van der Waals surface area contributed by atoms with E-state index in [1.807, 2.05) is 12.1 Å². The maximum Gasteiger partial charge on any atom is 0.253 e. The fraction of sp³-hybridized carbons (Fsp3) is 0.368. The van der Waals surface area contributed by atoms with Gasteiger partial charge in [0.15, 0.2) is 11.5 Å². The van der Waals surface area contributed by atoms with Crippen LogP contribution < -0.4 is 14.8 Å². The van der Waals surface area contributed by atoms with E-state index in [2.05, 4.69) is 31.1 Å². The molecule has 1 aromatic carbocycles. The smallest absolute Gasteiger partial charge is 0.253 e. The van der Waals surface area contributed by atoms with Gasteiger partial charge in [-0.3, -0.25) is 14.7 Å². The van der Waals surface area contributed by atoms with Crippen molar-refractivity contribution in [1.82, 2.24) is 15.2 Å². The Kier molecular flexibility index (Phi) is 6.11. The molecule has 1 aliphatic heterocycles. The number of pyridine rings is 1. The number of nitrogens with zero attached hydrogens (tertiary/aromatic N) is 2. The van der Waals surface area contributed by atoms with Crippen molar-refractivity contribution in [3.8, 4) is 11.5 Å². The normalized spacial score (nSPS) is 17.1. The van der Waals surface area contributed by atoms with Gasteiger partial charge in [-0.05, 0) is 36.2 Å². The molecule has 1 saturated heterocycles. The molecule has 6 nitrogen and oxygen atoms in total. The van der Waals surface area contributed by atoms with Gasteiger partial charge in [0.2, 0.25) is 0 Å². The van der Waals surface area contributed by atoms with Gasteiger partial charge in [-0.15, -0.1) is 0 Å². The molecule has 26 heavy (non-hydrogen) atoms. The summed E-state index contributed by atoms with van der Waals surface area (Å²) >= 11 is 3.61. The fourth-order valence-electron chi connectivity index (χ4n) is 3.12. The van der Waals surface area contributed by atoms with Crippen LogP contribution in [0.3, 0.4) is 0 Å². The van der Waals surface area contributed by atoms with E-state index in [0.717, 1.165) is 36.1 Å². The van der Waals surface area contributed by atoms with Gasteiger partial charge >= 0.3 is 0 Å². The van der Waals surface area contributed by atoms with Crippen LogP contribution in [0.5, 0.6) is 11.5 Å². The Morgan fingerprint density at radius 2 is 2.12 bits per heavy atom. The van der Waals surface area contributed by atoms with Crippen LogP contribution in [0.1, 0.15) is 22.3 Å². The highest BCUT2D eigenvalue weighted by atomic mass is 79.9. The number of rotatable bonds is 6. The number of nitrogens with one attached hydrogen (secondary N) is 1. The zero-order chi connectivity index (χ0) is 18.5. The summed E-state index contributed by atoms with van der Waals surface area (Å²) in [7, 11) is 3.26. The molecule has 1 unspecified atom stereocenters. The summed E-state index contributed by atoms with van der Waals surface area (Å²) in [5.74, 6) is 1.34. The van der Waals surface area contributed by atoms with Gasteiger partial charge in [-0.1, -0.05) is 15.9 Å². The van der Waals surface area contributed by atoms with Crippen molar-refractivity contribution < 1.29 is 14.3 Å². The Morgan fingerprint density at radius 3 is 2.81 bits per heavy atom. The first kappa shape index (κ1) is 18.7. The van der Waals surface area contributed by atoms with Crippen molar-refractivity contribution >= 4 is 21.8 Å². The number of benzene rings is 1. The van der Waals surface area contributed by atoms with E-state index in [1.165, 1.54) is 0 Å². The summed E-state index contributed by atoms with van der Waals surface area (Å²) in [5.41, 5.74) is 1.72. The fourth-order valence-corrected chi connectivity index (χ4v) is 3.57. The van der Waals surface area contributed by atoms with Crippen LogP contribution in [0, 0.1) is 0 Å². The zero-order valence-electron chi connectivity index (χ0n) is 14.9. The molecule has 7 heteroatoms. The van der Waals surface area contributed by atoms with Crippen molar-refractivity contribution in [3.05, 3.63) is 52.3 Å². The minimum atomic E-state index is -0.0720. The van der Waals surface area contributed by atoms with Gasteiger partial charge in [-0.25, -0.2) is 0 Å². The molecule has 1 aliphatic rings. The SMILES string of the molecule is COc1cc(Br)c(CN2CCC(NC(=O)c3cccnc3)C2)cc1OC. The van der Waals surface area contributed by atoms with E-state index in [0.29, 0.717) is 17.1 Å². The Balaban J connectivity index is 1.60. The number of methoxy groups -OCH3 is 2. The molecule has 0 saturated carbocycles. The first-order valence-electron chi connectivity index (χ1n) is 8.44. The molecule has 1 N–H and O–H groups in total. The molecule has 138 valence electrons. The standard InChI is InChI=1S/C19H22BrN3O3/c1-25-17-8-14(16(20)9-18(17)26-2)11-23-7-5-15(12-23)22-19(24)13-4-3-6-21-10-13/h3-4,6,8-10,15H,5,7,11-12H2,1-2H3,(H,22,24). The molecular weight excluding hydrogens is 398 g/mol. The number of hydrogen-bond acceptors (Lipinski definition) is 5. The highest BCUT2D eigenvalue weighted by Gasteiger charge is 2.25. The number of ether oxygens (including phenoxy) is 2. The van der Waals surface area contributed by atoms with Crippen molar-refractivity contribution in [2.75, 3.05) is 27.3 Å². The van der Waals surface area contributed by atoms with Gasteiger partial charge in [0.25, 0.3) is 5.91 Å². The quantitative estimate of drug-likeness (QED) is 0.779. The van der Waals surface area contributed by atoms with Gasteiger partial charge in [-0.2, -0.15) is 0 Å². The van der Waals surface area contributed by atoms with Crippen molar-refractivity contribution in [2.24, 2.45) is 0 Å². The van der Waals surface area contributed by atoms with Crippen LogP contribution in [-0.4, -0.2) is 49.1 Å². The first-order valence-corrected chi connectivity index (χ1v) is 9.23. The summed E-state index contributed by atoms with van der Waals surface area (Å²) < 4.78 is 11.7. The molecule has 0 spiro atoms. The Morgan fingerprint density at radius 1 is 1.35 bits per heavy atom. The summed E-state index contributed by atoms with van der Waals surface area (Å²) in [6.07, 6.45) is 4.18. The van der Waals surface area contributed by atoms with Crippen LogP contribution in [0.25, 0.3) is 0 Å². The lowest BCUT2D eigenvalue weighted by Gasteiger charge is -2.19. The summed E-state index contributed by atoms with van der Waals surface area (Å²) in [5, 5.41) is 3.09. The molecule has 1 amide bonds. The number of halogens is 1. The summed E-state index contributed by atoms with van der Waals surface area (Å²) in [6.45, 7) is 2.52. The third kappa shape index (κ3) is 4.34. The zero-order valence-corrected chi connectivity index (χ0v) is 16.5. The molecule has 2 heterocycles. The van der Waals surface area contributed by atoms with Crippen molar-refractivity contribution in [2.45, 2.75) is 19.0 Å². The lowest BCUT2D eigenvalue weighted by molar-refractivity contribution is 0.0937. The van der Waals surface area contributed by atoms with Gasteiger partial charge in [0, 0.05) is 42.5 Å². The monoisotopic (exact) mass is 419 g/mol. The average Bonchev–Trinajstić information content (AvgIpc) is 3.10. The van der Waals surface area contributed by atoms with Crippen LogP contribution in [0.2, 0.25) is 0 Å². The third-order valence-electron chi connectivity index (χ3n) is 4.48. The maximum absolute atomic E-state index is 12.3. The van der Waals surface area contributed by atoms with Crippen LogP contribution in [0.15, 0.2) is 41.1 Å². The number of carbonyl (C=O) groups excluding carboxylic acids is 1. The average molecular weight is 420 g/mol. The molecule has 3 rings (SSSR count). The second-order valence-corrected chi connectivity index (χ2v) is 7.09. The van der Waals surface area contributed by atoms with E-state index in [-0.39, 0.29) is 11.9 Å². The molecule has 1 atom stereocenters. The van der Waals surface area contributed by atoms with Gasteiger partial charge in [0.1, 0.15) is 0 Å². The van der Waals surface area contributed by atoms with Gasteiger partial charge in [0.05, 0.1) is 19.8 Å². The first-order chi connectivity index (χ1) is 12.6. The van der Waals surface area contributed by atoms with Crippen molar-refractivity contribution in [3.63, 3.8) is 0 Å². The number of carbonyl (C=O) groups is 1. The highest BCUT2D eigenvalue weighted by molar-refractivity contribution is 9.10. The molecule has 1 aromatic heterocycles. The molecule has 0 bridgehead atoms. The molecule has 0 radical (unpaired) electrons. The lowest BCUT2D eigenvalue weighted by Crippen LogP contribution is -2.37. The van der Waals surface area contributed by atoms with Crippen LogP contribution in [-0.2, 0) is 6.54 Å². The second kappa shape index (κ2) is 8.51. The number of amides is 1. The van der Waals surface area contributed by atoms with Gasteiger partial charge < -0.3 is 14.8 Å². The Hall–Kier alpha value is -2.12. The van der Waals surface area contributed by atoms with E-state index in [4.69, 9.17) is 9.47 Å². The summed E-state index contributed by atoms with van der Waals surface area (Å²) in [4.78, 5) is 18.6. The lowest BCUT2D eigenvalue weighted by atomic mass is 10.2. The highest BCUT2D eigenvalue weighted by Crippen LogP contribution is 2.34. The predicted octanol–water partition coefficient (Wildman–Crippen LogP) is 2.87. The molecule has 1 fully saturated rings. The number of aromatic nitrogens is 1. The number of hydrogen-bond donors (Lipinski definition) is 1. The Bertz CT molecular complexity index is 770. The molecule has 0 aliphatic carbocycles. The molecular formula is C19H22BrN3O3. The van der Waals surface area contributed by atoms with Crippen LogP contribution in [0.4, 0.5) is 0 Å². The minimum absolute atomic E-state index is 0.0720. The van der Waals surface area contributed by atoms with E-state index in [1.54, 1.807) is 38.7 Å². The Labute approximate surface area is 161 Å².